The van der Waals surface area contributed by atoms with Gasteiger partial charge in [-0.2, -0.15) is 0 Å². The molecule has 1 rings (SSSR count). The highest BCUT2D eigenvalue weighted by Crippen LogP contribution is 2.23. The Bertz CT molecular complexity index is 568. The lowest BCUT2D eigenvalue weighted by Crippen LogP contribution is -2.48. The molecule has 0 bridgehead atoms. The largest absolute Gasteiger partial charge is 0.301 e. The lowest BCUT2D eigenvalue weighted by atomic mass is 10.0. The Balaban J connectivity index is 2.95. The molecule has 0 radical (unpaired) electrons. The van der Waals surface area contributed by atoms with Crippen LogP contribution in [0.2, 0.25) is 0 Å². The molecule has 19 heavy (non-hydrogen) atoms. The lowest BCUT2D eigenvalue weighted by Gasteiger charge is -2.27. The minimum absolute atomic E-state index is 0.129. The summed E-state index contributed by atoms with van der Waals surface area (Å²) in [6.45, 7) is 6.31. The average Bonchev–Trinajstić information content (AvgIpc) is 2.63. The van der Waals surface area contributed by atoms with Crippen molar-refractivity contribution in [3.63, 3.8) is 0 Å². The summed E-state index contributed by atoms with van der Waals surface area (Å²) in [5.74, 6) is -0.345. The van der Waals surface area contributed by atoms with Crippen LogP contribution in [0.25, 0.3) is 0 Å². The molecule has 7 nitrogen and oxygen atoms in total. The van der Waals surface area contributed by atoms with E-state index in [0.717, 1.165) is 11.3 Å². The second-order valence-corrected chi connectivity index (χ2v) is 7.99. The third-order valence-electron chi connectivity index (χ3n) is 2.31. The van der Waals surface area contributed by atoms with Gasteiger partial charge >= 0.3 is 0 Å². The van der Waals surface area contributed by atoms with Crippen molar-refractivity contribution in [2.75, 3.05) is 5.32 Å². The third kappa shape index (κ3) is 4.37. The Hall–Kier alpha value is -0.770. The average molecular weight is 327 g/mol. The molecule has 1 unspecified atom stereocenters. The number of alkyl halides is 1. The van der Waals surface area contributed by atoms with E-state index in [9.17, 15) is 13.2 Å². The first-order valence-electron chi connectivity index (χ1n) is 5.34. The Kier molecular flexibility index (Phi) is 4.88. The maximum Gasteiger partial charge on any atom is 0.270 e. The topological polar surface area (TPSA) is 101 Å². The zero-order chi connectivity index (χ0) is 14.8. The van der Waals surface area contributed by atoms with Crippen LogP contribution in [0.3, 0.4) is 0 Å². The molecule has 1 heterocycles. The number of sulfonamides is 1. The monoisotopic (exact) mass is 326 g/mol. The molecule has 0 aliphatic rings. The number of carbonyl (C=O) groups excluding carboxylic acids is 1. The fourth-order valence-electron chi connectivity index (χ4n) is 0.991. The van der Waals surface area contributed by atoms with Gasteiger partial charge in [-0.05, 0) is 20.8 Å². The fourth-order valence-corrected chi connectivity index (χ4v) is 3.54. The zero-order valence-electron chi connectivity index (χ0n) is 10.9. The highest BCUT2D eigenvalue weighted by atomic mass is 35.5. The Morgan fingerprint density at radius 2 is 2.00 bits per heavy atom. The van der Waals surface area contributed by atoms with Gasteiger partial charge in [-0.25, -0.2) is 13.1 Å². The number of nitrogens with zero attached hydrogens (tertiary/aromatic N) is 2. The maximum atomic E-state index is 12.1. The molecular formula is C9H15ClN4O3S2. The van der Waals surface area contributed by atoms with Gasteiger partial charge in [0.2, 0.25) is 15.4 Å². The standard InChI is InChI=1S/C9H15ClN4O3S2/c1-5(10)9(3,4)14-19(16,17)8-13-12-7(18-8)11-6(2)15/h5,14H,1-4H3,(H,11,12,15). The van der Waals surface area contributed by atoms with Crippen LogP contribution in [-0.4, -0.2) is 35.4 Å². The van der Waals surface area contributed by atoms with Crippen molar-refractivity contribution in [3.8, 4) is 0 Å². The van der Waals surface area contributed by atoms with Crippen LogP contribution in [0.1, 0.15) is 27.7 Å². The van der Waals surface area contributed by atoms with E-state index in [2.05, 4.69) is 20.2 Å². The normalized spacial score (nSPS) is 14.2. The molecule has 0 aliphatic carbocycles. The van der Waals surface area contributed by atoms with Crippen LogP contribution in [0.15, 0.2) is 4.34 Å². The molecule has 0 saturated heterocycles. The molecule has 0 fully saturated rings. The summed E-state index contributed by atoms with van der Waals surface area (Å²) in [5, 5.41) is 9.21. The number of carbonyl (C=O) groups is 1. The van der Waals surface area contributed by atoms with Crippen molar-refractivity contribution in [2.45, 2.75) is 43.0 Å². The number of nitrogens with one attached hydrogen (secondary N) is 2. The molecule has 0 aliphatic heterocycles. The van der Waals surface area contributed by atoms with Crippen molar-refractivity contribution in [2.24, 2.45) is 0 Å². The van der Waals surface area contributed by atoms with E-state index in [1.165, 1.54) is 6.92 Å². The molecule has 10 heteroatoms. The Morgan fingerprint density at radius 1 is 1.42 bits per heavy atom. The van der Waals surface area contributed by atoms with Gasteiger partial charge in [0, 0.05) is 17.8 Å². The predicted molar refractivity (Wildman–Crippen MR) is 73.9 cm³/mol. The van der Waals surface area contributed by atoms with Gasteiger partial charge in [0.25, 0.3) is 10.0 Å². The molecule has 1 atom stereocenters. The molecule has 108 valence electrons. The number of anilines is 1. The summed E-state index contributed by atoms with van der Waals surface area (Å²) in [4.78, 5) is 10.8. The van der Waals surface area contributed by atoms with E-state index in [-0.39, 0.29) is 15.4 Å². The van der Waals surface area contributed by atoms with Crippen molar-refractivity contribution in [3.05, 3.63) is 0 Å². The van der Waals surface area contributed by atoms with Crippen LogP contribution in [0.4, 0.5) is 5.13 Å². The summed E-state index contributed by atoms with van der Waals surface area (Å²) >= 11 is 6.69. The van der Waals surface area contributed by atoms with Crippen LogP contribution in [0, 0.1) is 0 Å². The highest BCUT2D eigenvalue weighted by molar-refractivity contribution is 7.91. The van der Waals surface area contributed by atoms with Gasteiger partial charge in [-0.15, -0.1) is 21.8 Å². The highest BCUT2D eigenvalue weighted by Gasteiger charge is 2.32. The summed E-state index contributed by atoms with van der Waals surface area (Å²) in [6, 6.07) is 0. The quantitative estimate of drug-likeness (QED) is 0.625. The summed E-state index contributed by atoms with van der Waals surface area (Å²) < 4.78 is 26.4. The molecule has 2 N–H and O–H groups in total. The van der Waals surface area contributed by atoms with Crippen molar-refractivity contribution >= 4 is 44.0 Å². The molecule has 0 aromatic carbocycles. The third-order valence-corrected chi connectivity index (χ3v) is 5.73. The van der Waals surface area contributed by atoms with Crippen molar-refractivity contribution in [1.82, 2.24) is 14.9 Å². The molecule has 1 aromatic rings. The first-order chi connectivity index (χ1) is 8.54. The second kappa shape index (κ2) is 5.70. The van der Waals surface area contributed by atoms with Gasteiger partial charge < -0.3 is 5.32 Å². The second-order valence-electron chi connectivity index (χ2n) is 4.50. The number of hydrogen-bond donors (Lipinski definition) is 2. The molecule has 1 amide bonds. The van der Waals surface area contributed by atoms with Gasteiger partial charge in [0.1, 0.15) is 0 Å². The van der Waals surface area contributed by atoms with Crippen molar-refractivity contribution in [1.29, 1.82) is 0 Å². The van der Waals surface area contributed by atoms with Crippen LogP contribution < -0.4 is 10.0 Å². The Morgan fingerprint density at radius 3 is 2.47 bits per heavy atom. The molecule has 0 saturated carbocycles. The first kappa shape index (κ1) is 16.3. The van der Waals surface area contributed by atoms with Gasteiger partial charge in [0.15, 0.2) is 0 Å². The van der Waals surface area contributed by atoms with E-state index < -0.39 is 20.9 Å². The molecule has 1 aromatic heterocycles. The number of aromatic nitrogens is 2. The van der Waals surface area contributed by atoms with E-state index in [0.29, 0.717) is 0 Å². The first-order valence-corrected chi connectivity index (χ1v) is 8.07. The van der Waals surface area contributed by atoms with Gasteiger partial charge in [-0.3, -0.25) is 4.79 Å². The summed E-state index contributed by atoms with van der Waals surface area (Å²) in [6.07, 6.45) is 0. The SMILES string of the molecule is CC(=O)Nc1nnc(S(=O)(=O)NC(C)(C)C(C)Cl)s1. The maximum absolute atomic E-state index is 12.1. The number of hydrogen-bond acceptors (Lipinski definition) is 6. The number of amides is 1. The summed E-state index contributed by atoms with van der Waals surface area (Å²) in [5.41, 5.74) is -0.833. The number of rotatable bonds is 5. The van der Waals surface area contributed by atoms with Gasteiger partial charge in [0.05, 0.1) is 0 Å². The van der Waals surface area contributed by atoms with Crippen LogP contribution in [-0.2, 0) is 14.8 Å². The fraction of sp³-hybridized carbons (Fsp3) is 0.667. The van der Waals surface area contributed by atoms with E-state index in [4.69, 9.17) is 11.6 Å². The Labute approximate surface area is 120 Å². The smallest absolute Gasteiger partial charge is 0.270 e. The minimum Gasteiger partial charge on any atom is -0.301 e. The minimum atomic E-state index is -3.82. The zero-order valence-corrected chi connectivity index (χ0v) is 13.3. The van der Waals surface area contributed by atoms with Crippen LogP contribution in [0.5, 0.6) is 0 Å². The molecule has 0 spiro atoms. The van der Waals surface area contributed by atoms with E-state index in [1.807, 2.05) is 0 Å². The molecular weight excluding hydrogens is 312 g/mol. The van der Waals surface area contributed by atoms with Gasteiger partial charge in [-0.1, -0.05) is 11.3 Å². The number of halogens is 1. The van der Waals surface area contributed by atoms with E-state index in [1.54, 1.807) is 20.8 Å². The van der Waals surface area contributed by atoms with E-state index >= 15 is 0 Å². The lowest BCUT2D eigenvalue weighted by molar-refractivity contribution is -0.114. The van der Waals surface area contributed by atoms with Crippen LogP contribution >= 0.6 is 22.9 Å². The van der Waals surface area contributed by atoms with Crippen molar-refractivity contribution < 1.29 is 13.2 Å². The predicted octanol–water partition coefficient (Wildman–Crippen LogP) is 1.18. The summed E-state index contributed by atoms with van der Waals surface area (Å²) in [7, 11) is -3.82.